The van der Waals surface area contributed by atoms with E-state index in [1.165, 1.54) is 0 Å². The molecule has 0 aliphatic carbocycles. The fourth-order valence-corrected chi connectivity index (χ4v) is 1.06. The van der Waals surface area contributed by atoms with Crippen LogP contribution in [0.2, 0.25) is 0 Å². The van der Waals surface area contributed by atoms with Crippen molar-refractivity contribution >= 4 is 0 Å². The molecule has 4 nitrogen and oxygen atoms in total. The summed E-state index contributed by atoms with van der Waals surface area (Å²) in [6.45, 7) is 4.45. The molecule has 4 heteroatoms. The summed E-state index contributed by atoms with van der Waals surface area (Å²) >= 11 is 0. The van der Waals surface area contributed by atoms with E-state index in [0.717, 1.165) is 25.7 Å². The van der Waals surface area contributed by atoms with E-state index in [1.807, 2.05) is 0 Å². The molecule has 0 radical (unpaired) electrons. The molecule has 0 saturated carbocycles. The van der Waals surface area contributed by atoms with E-state index in [2.05, 4.69) is 25.3 Å². The molecule has 12 heavy (non-hydrogen) atoms. The van der Waals surface area contributed by atoms with E-state index in [1.54, 1.807) is 0 Å². The first-order valence-electron chi connectivity index (χ1n) is 4.52. The fourth-order valence-electron chi connectivity index (χ4n) is 1.06. The SMILES string of the molecule is CCCC(N)(N)CCC.NCN. The van der Waals surface area contributed by atoms with Gasteiger partial charge in [0.1, 0.15) is 0 Å². The van der Waals surface area contributed by atoms with Crippen molar-refractivity contribution in [1.82, 2.24) is 0 Å². The zero-order valence-corrected chi connectivity index (χ0v) is 8.34. The van der Waals surface area contributed by atoms with Crippen molar-refractivity contribution in [2.75, 3.05) is 6.67 Å². The first-order chi connectivity index (χ1) is 5.54. The minimum absolute atomic E-state index is 0.250. The third-order valence-electron chi connectivity index (χ3n) is 1.43. The molecule has 0 aromatic heterocycles. The van der Waals surface area contributed by atoms with Gasteiger partial charge in [0.05, 0.1) is 5.66 Å². The summed E-state index contributed by atoms with van der Waals surface area (Å²) in [6, 6.07) is 0. The Hall–Kier alpha value is -0.160. The smallest absolute Gasteiger partial charge is 0.0636 e. The maximum absolute atomic E-state index is 5.72. The number of rotatable bonds is 4. The molecule has 0 fully saturated rings. The molecule has 0 unspecified atom stereocenters. The summed E-state index contributed by atoms with van der Waals surface area (Å²) in [4.78, 5) is 0. The molecule has 0 atom stereocenters. The summed E-state index contributed by atoms with van der Waals surface area (Å²) in [7, 11) is 0. The third kappa shape index (κ3) is 12.5. The van der Waals surface area contributed by atoms with Crippen LogP contribution in [0.4, 0.5) is 0 Å². The highest BCUT2D eigenvalue weighted by Gasteiger charge is 2.14. The number of hydrogen-bond acceptors (Lipinski definition) is 4. The maximum atomic E-state index is 5.72. The third-order valence-corrected chi connectivity index (χ3v) is 1.43. The van der Waals surface area contributed by atoms with Gasteiger partial charge in [-0.15, -0.1) is 0 Å². The van der Waals surface area contributed by atoms with Gasteiger partial charge < -0.3 is 22.9 Å². The van der Waals surface area contributed by atoms with Crippen LogP contribution in [0, 0.1) is 0 Å². The van der Waals surface area contributed by atoms with Crippen LogP contribution in [0.5, 0.6) is 0 Å². The molecule has 0 heterocycles. The second-order valence-corrected chi connectivity index (χ2v) is 2.97. The van der Waals surface area contributed by atoms with Crippen molar-refractivity contribution in [1.29, 1.82) is 0 Å². The van der Waals surface area contributed by atoms with Crippen molar-refractivity contribution < 1.29 is 0 Å². The Balaban J connectivity index is 0. The van der Waals surface area contributed by atoms with Gasteiger partial charge in [0, 0.05) is 6.67 Å². The molecule has 0 aromatic rings. The lowest BCUT2D eigenvalue weighted by Gasteiger charge is -2.22. The summed E-state index contributed by atoms with van der Waals surface area (Å²) in [6.07, 6.45) is 4.02. The lowest BCUT2D eigenvalue weighted by atomic mass is 10.0. The van der Waals surface area contributed by atoms with Crippen LogP contribution in [0.15, 0.2) is 0 Å². The zero-order chi connectivity index (χ0) is 10.0. The normalized spacial score (nSPS) is 10.5. The van der Waals surface area contributed by atoms with Crippen LogP contribution in [0.1, 0.15) is 39.5 Å². The van der Waals surface area contributed by atoms with Crippen molar-refractivity contribution in [3.8, 4) is 0 Å². The Morgan fingerprint density at radius 1 is 0.917 bits per heavy atom. The molecule has 8 N–H and O–H groups in total. The van der Waals surface area contributed by atoms with Gasteiger partial charge in [0.25, 0.3) is 0 Å². The molecule has 0 aromatic carbocycles. The molecule has 0 saturated heterocycles. The maximum Gasteiger partial charge on any atom is 0.0636 e. The molecule has 0 spiro atoms. The lowest BCUT2D eigenvalue weighted by Crippen LogP contribution is -2.48. The Morgan fingerprint density at radius 3 is 1.33 bits per heavy atom. The molecule has 0 rings (SSSR count). The highest BCUT2D eigenvalue weighted by molar-refractivity contribution is 4.74. The Labute approximate surface area is 75.7 Å². The van der Waals surface area contributed by atoms with E-state index < -0.39 is 5.66 Å². The summed E-state index contributed by atoms with van der Waals surface area (Å²) in [5.41, 5.74) is 20.3. The number of hydrogen-bond donors (Lipinski definition) is 4. The van der Waals surface area contributed by atoms with Crippen LogP contribution in [-0.2, 0) is 0 Å². The largest absolute Gasteiger partial charge is 0.319 e. The van der Waals surface area contributed by atoms with Crippen molar-refractivity contribution in [3.63, 3.8) is 0 Å². The molecule has 0 bridgehead atoms. The highest BCUT2D eigenvalue weighted by Crippen LogP contribution is 2.08. The Bertz CT molecular complexity index is 75.1. The van der Waals surface area contributed by atoms with Crippen molar-refractivity contribution in [3.05, 3.63) is 0 Å². The Kier molecular flexibility index (Phi) is 10.7. The van der Waals surface area contributed by atoms with E-state index in [9.17, 15) is 0 Å². The molecule has 76 valence electrons. The van der Waals surface area contributed by atoms with Crippen LogP contribution < -0.4 is 22.9 Å². The van der Waals surface area contributed by atoms with Gasteiger partial charge in [0.15, 0.2) is 0 Å². The van der Waals surface area contributed by atoms with E-state index in [0.29, 0.717) is 0 Å². The second kappa shape index (κ2) is 8.93. The fraction of sp³-hybridized carbons (Fsp3) is 1.00. The first kappa shape index (κ1) is 14.4. The van der Waals surface area contributed by atoms with Gasteiger partial charge in [-0.1, -0.05) is 26.7 Å². The molecular weight excluding hydrogens is 152 g/mol. The predicted molar refractivity (Wildman–Crippen MR) is 54.2 cm³/mol. The average molecular weight is 176 g/mol. The van der Waals surface area contributed by atoms with Gasteiger partial charge in [-0.2, -0.15) is 0 Å². The van der Waals surface area contributed by atoms with Crippen LogP contribution in [-0.4, -0.2) is 12.3 Å². The van der Waals surface area contributed by atoms with Crippen LogP contribution >= 0.6 is 0 Å². The summed E-state index contributed by atoms with van der Waals surface area (Å²) < 4.78 is 0. The Morgan fingerprint density at radius 2 is 1.17 bits per heavy atom. The van der Waals surface area contributed by atoms with E-state index in [4.69, 9.17) is 11.5 Å². The number of nitrogens with two attached hydrogens (primary N) is 4. The topological polar surface area (TPSA) is 104 Å². The average Bonchev–Trinajstić information content (AvgIpc) is 1.88. The molecule has 0 amide bonds. The van der Waals surface area contributed by atoms with E-state index in [-0.39, 0.29) is 6.67 Å². The highest BCUT2D eigenvalue weighted by atomic mass is 14.9. The predicted octanol–water partition coefficient (Wildman–Crippen LogP) is 0.0616. The quantitative estimate of drug-likeness (QED) is 0.455. The van der Waals surface area contributed by atoms with Crippen molar-refractivity contribution in [2.45, 2.75) is 45.2 Å². The van der Waals surface area contributed by atoms with Gasteiger partial charge in [-0.05, 0) is 12.8 Å². The minimum atomic E-state index is -0.399. The monoisotopic (exact) mass is 176 g/mol. The lowest BCUT2D eigenvalue weighted by molar-refractivity contribution is 0.371. The van der Waals surface area contributed by atoms with Crippen LogP contribution in [0.3, 0.4) is 0 Å². The van der Waals surface area contributed by atoms with Gasteiger partial charge in [-0.25, -0.2) is 0 Å². The molecular formula is C8H24N4. The van der Waals surface area contributed by atoms with Gasteiger partial charge in [-0.3, -0.25) is 0 Å². The van der Waals surface area contributed by atoms with Crippen molar-refractivity contribution in [2.24, 2.45) is 22.9 Å². The molecule has 0 aliphatic heterocycles. The minimum Gasteiger partial charge on any atom is -0.319 e. The van der Waals surface area contributed by atoms with Gasteiger partial charge in [0.2, 0.25) is 0 Å². The zero-order valence-electron chi connectivity index (χ0n) is 8.34. The standard InChI is InChI=1S/C7H18N2.CH6N2/c1-3-5-7(8,9)6-4-2;2-1-3/h3-6,8-9H2,1-2H3;1-3H2. The molecule has 0 aliphatic rings. The van der Waals surface area contributed by atoms with Crippen LogP contribution in [0.25, 0.3) is 0 Å². The van der Waals surface area contributed by atoms with Gasteiger partial charge >= 0.3 is 0 Å². The summed E-state index contributed by atoms with van der Waals surface area (Å²) in [5, 5.41) is 0. The summed E-state index contributed by atoms with van der Waals surface area (Å²) in [5.74, 6) is 0. The second-order valence-electron chi connectivity index (χ2n) is 2.97. The van der Waals surface area contributed by atoms with E-state index >= 15 is 0 Å². The first-order valence-corrected chi connectivity index (χ1v) is 4.52.